The summed E-state index contributed by atoms with van der Waals surface area (Å²) in [6, 6.07) is 1.92. The lowest BCUT2D eigenvalue weighted by molar-refractivity contribution is -0.107. The predicted octanol–water partition coefficient (Wildman–Crippen LogP) is 2.91. The summed E-state index contributed by atoms with van der Waals surface area (Å²) >= 11 is 3.48. The fourth-order valence-corrected chi connectivity index (χ4v) is 2.20. The van der Waals surface area contributed by atoms with Gasteiger partial charge in [0.15, 0.2) is 0 Å². The Kier molecular flexibility index (Phi) is 4.80. The number of ether oxygens (including phenoxy) is 2. The summed E-state index contributed by atoms with van der Waals surface area (Å²) in [5.74, 6) is 1.58. The lowest BCUT2D eigenvalue weighted by Gasteiger charge is -2.15. The van der Waals surface area contributed by atoms with Gasteiger partial charge < -0.3 is 14.3 Å². The van der Waals surface area contributed by atoms with Crippen LogP contribution in [0.5, 0.6) is 11.5 Å². The van der Waals surface area contributed by atoms with Gasteiger partial charge in [-0.15, -0.1) is 0 Å². The van der Waals surface area contributed by atoms with Crippen molar-refractivity contribution < 1.29 is 14.3 Å². The number of carbonyl (C=O) groups excluding carboxylic acids is 1. The molecule has 0 fully saturated rings. The molecule has 0 saturated heterocycles. The first-order valence-electron chi connectivity index (χ1n) is 4.99. The topological polar surface area (TPSA) is 35.5 Å². The SMILES string of the molecule is COc1cc(CCC=O)c(OC)c(Br)c1C. The van der Waals surface area contributed by atoms with Crippen molar-refractivity contribution in [3.63, 3.8) is 0 Å². The van der Waals surface area contributed by atoms with Crippen LogP contribution in [-0.2, 0) is 11.2 Å². The van der Waals surface area contributed by atoms with Crippen molar-refractivity contribution in [2.24, 2.45) is 0 Å². The number of hydrogen-bond acceptors (Lipinski definition) is 3. The zero-order chi connectivity index (χ0) is 12.1. The molecule has 0 unspecified atom stereocenters. The Bertz CT molecular complexity index is 388. The summed E-state index contributed by atoms with van der Waals surface area (Å²) in [6.07, 6.45) is 2.04. The largest absolute Gasteiger partial charge is 0.496 e. The summed E-state index contributed by atoms with van der Waals surface area (Å²) in [5.41, 5.74) is 1.97. The van der Waals surface area contributed by atoms with E-state index in [0.29, 0.717) is 12.8 Å². The standard InChI is InChI=1S/C12H15BrO3/c1-8-10(15-2)7-9(5-4-6-14)12(16-3)11(8)13/h6-7H,4-5H2,1-3H3. The smallest absolute Gasteiger partial charge is 0.136 e. The van der Waals surface area contributed by atoms with E-state index in [1.165, 1.54) is 0 Å². The average Bonchev–Trinajstić information content (AvgIpc) is 2.30. The van der Waals surface area contributed by atoms with Gasteiger partial charge in [0.25, 0.3) is 0 Å². The number of rotatable bonds is 5. The van der Waals surface area contributed by atoms with Crippen LogP contribution in [0.2, 0.25) is 0 Å². The molecule has 0 atom stereocenters. The number of carbonyl (C=O) groups is 1. The summed E-state index contributed by atoms with van der Waals surface area (Å²) in [6.45, 7) is 1.95. The van der Waals surface area contributed by atoms with Crippen LogP contribution in [-0.4, -0.2) is 20.5 Å². The number of methoxy groups -OCH3 is 2. The van der Waals surface area contributed by atoms with Crippen molar-refractivity contribution in [1.29, 1.82) is 0 Å². The maximum Gasteiger partial charge on any atom is 0.136 e. The highest BCUT2D eigenvalue weighted by atomic mass is 79.9. The van der Waals surface area contributed by atoms with Crippen LogP contribution in [0.15, 0.2) is 10.5 Å². The molecule has 0 heterocycles. The van der Waals surface area contributed by atoms with Gasteiger partial charge in [-0.3, -0.25) is 0 Å². The van der Waals surface area contributed by atoms with Crippen LogP contribution >= 0.6 is 15.9 Å². The second-order valence-electron chi connectivity index (χ2n) is 3.42. The summed E-state index contributed by atoms with van der Waals surface area (Å²) in [7, 11) is 3.25. The molecular weight excluding hydrogens is 272 g/mol. The van der Waals surface area contributed by atoms with E-state index in [-0.39, 0.29) is 0 Å². The number of aldehydes is 1. The lowest BCUT2D eigenvalue weighted by Crippen LogP contribution is -1.98. The Morgan fingerprint density at radius 2 is 2.06 bits per heavy atom. The minimum Gasteiger partial charge on any atom is -0.496 e. The van der Waals surface area contributed by atoms with E-state index in [1.54, 1.807) is 14.2 Å². The van der Waals surface area contributed by atoms with Gasteiger partial charge >= 0.3 is 0 Å². The van der Waals surface area contributed by atoms with Crippen molar-refractivity contribution >= 4 is 22.2 Å². The van der Waals surface area contributed by atoms with Gasteiger partial charge in [0.2, 0.25) is 0 Å². The van der Waals surface area contributed by atoms with Crippen LogP contribution in [0.25, 0.3) is 0 Å². The van der Waals surface area contributed by atoms with Crippen molar-refractivity contribution in [3.8, 4) is 11.5 Å². The van der Waals surface area contributed by atoms with Crippen LogP contribution in [0.4, 0.5) is 0 Å². The average molecular weight is 287 g/mol. The molecule has 16 heavy (non-hydrogen) atoms. The second-order valence-corrected chi connectivity index (χ2v) is 4.21. The first kappa shape index (κ1) is 13.0. The Morgan fingerprint density at radius 1 is 1.38 bits per heavy atom. The summed E-state index contributed by atoms with van der Waals surface area (Å²) in [4.78, 5) is 10.4. The molecule has 3 nitrogen and oxygen atoms in total. The van der Waals surface area contributed by atoms with Crippen LogP contribution in [0.1, 0.15) is 17.5 Å². The summed E-state index contributed by atoms with van der Waals surface area (Å²) < 4.78 is 11.5. The highest BCUT2D eigenvalue weighted by Crippen LogP contribution is 2.38. The monoisotopic (exact) mass is 286 g/mol. The van der Waals surface area contributed by atoms with E-state index < -0.39 is 0 Å². The molecule has 1 rings (SSSR count). The first-order valence-corrected chi connectivity index (χ1v) is 5.78. The molecule has 0 aromatic heterocycles. The fraction of sp³-hybridized carbons (Fsp3) is 0.417. The maximum absolute atomic E-state index is 10.4. The Morgan fingerprint density at radius 3 is 2.56 bits per heavy atom. The molecule has 0 aliphatic heterocycles. The third-order valence-electron chi connectivity index (χ3n) is 2.45. The van der Waals surface area contributed by atoms with Gasteiger partial charge in [-0.1, -0.05) is 0 Å². The van der Waals surface area contributed by atoms with Gasteiger partial charge in [0, 0.05) is 12.0 Å². The molecular formula is C12H15BrO3. The molecule has 0 spiro atoms. The Balaban J connectivity index is 3.23. The van der Waals surface area contributed by atoms with Gasteiger partial charge in [0.05, 0.1) is 18.7 Å². The number of aryl methyl sites for hydroxylation is 1. The molecule has 0 radical (unpaired) electrons. The van der Waals surface area contributed by atoms with Crippen molar-refractivity contribution in [1.82, 2.24) is 0 Å². The molecule has 1 aromatic carbocycles. The van der Waals surface area contributed by atoms with Crippen molar-refractivity contribution in [3.05, 3.63) is 21.7 Å². The van der Waals surface area contributed by atoms with E-state index in [2.05, 4.69) is 15.9 Å². The minimum atomic E-state index is 0.481. The summed E-state index contributed by atoms with van der Waals surface area (Å²) in [5, 5.41) is 0. The molecule has 4 heteroatoms. The molecule has 0 aliphatic carbocycles. The zero-order valence-electron chi connectivity index (χ0n) is 9.67. The second kappa shape index (κ2) is 5.89. The van der Waals surface area contributed by atoms with E-state index in [0.717, 1.165) is 33.4 Å². The zero-order valence-corrected chi connectivity index (χ0v) is 11.3. The van der Waals surface area contributed by atoms with Gasteiger partial charge in [0.1, 0.15) is 17.8 Å². The molecule has 0 N–H and O–H groups in total. The van der Waals surface area contributed by atoms with Gasteiger partial charge in [-0.2, -0.15) is 0 Å². The Hall–Kier alpha value is -1.03. The van der Waals surface area contributed by atoms with Crippen molar-refractivity contribution in [2.75, 3.05) is 14.2 Å². The molecule has 1 aromatic rings. The van der Waals surface area contributed by atoms with Gasteiger partial charge in [-0.05, 0) is 40.9 Å². The fourth-order valence-electron chi connectivity index (χ4n) is 1.58. The number of benzene rings is 1. The third-order valence-corrected chi connectivity index (χ3v) is 3.41. The van der Waals surface area contributed by atoms with Crippen molar-refractivity contribution in [2.45, 2.75) is 19.8 Å². The maximum atomic E-state index is 10.4. The highest BCUT2D eigenvalue weighted by Gasteiger charge is 2.14. The minimum absolute atomic E-state index is 0.481. The number of hydrogen-bond donors (Lipinski definition) is 0. The van der Waals surface area contributed by atoms with E-state index in [1.807, 2.05) is 13.0 Å². The predicted molar refractivity (Wildman–Crippen MR) is 66.4 cm³/mol. The molecule has 0 amide bonds. The quantitative estimate of drug-likeness (QED) is 0.781. The Labute approximate surface area is 104 Å². The van der Waals surface area contributed by atoms with Gasteiger partial charge in [-0.25, -0.2) is 0 Å². The first-order chi connectivity index (χ1) is 7.65. The van der Waals surface area contributed by atoms with E-state index >= 15 is 0 Å². The van der Waals surface area contributed by atoms with E-state index in [9.17, 15) is 4.79 Å². The number of halogens is 1. The van der Waals surface area contributed by atoms with Crippen LogP contribution in [0, 0.1) is 6.92 Å². The molecule has 88 valence electrons. The normalized spacial score (nSPS) is 10.0. The van der Waals surface area contributed by atoms with Crippen LogP contribution in [0.3, 0.4) is 0 Å². The highest BCUT2D eigenvalue weighted by molar-refractivity contribution is 9.10. The van der Waals surface area contributed by atoms with Crippen LogP contribution < -0.4 is 9.47 Å². The van der Waals surface area contributed by atoms with E-state index in [4.69, 9.17) is 9.47 Å². The lowest BCUT2D eigenvalue weighted by atomic mass is 10.1. The molecule has 0 bridgehead atoms. The molecule has 0 saturated carbocycles. The molecule has 0 aliphatic rings. The third kappa shape index (κ3) is 2.55.